The van der Waals surface area contributed by atoms with Crippen molar-refractivity contribution in [3.05, 3.63) is 100 Å². The minimum Gasteiger partial charge on any atom is -0.487 e. The molecule has 0 unspecified atom stereocenters. The number of aliphatic carboxylic acids is 1. The Morgan fingerprint density at radius 1 is 1.06 bits per heavy atom. The van der Waals surface area contributed by atoms with Gasteiger partial charge in [-0.15, -0.1) is 0 Å². The number of carboxylic acid groups (broad SMARTS) is 1. The van der Waals surface area contributed by atoms with E-state index in [0.717, 1.165) is 28.0 Å². The zero-order valence-corrected chi connectivity index (χ0v) is 20.1. The lowest BCUT2D eigenvalue weighted by Gasteiger charge is -2.24. The number of amides is 1. The van der Waals surface area contributed by atoms with Crippen molar-refractivity contribution >= 4 is 11.9 Å². The summed E-state index contributed by atoms with van der Waals surface area (Å²) in [5.41, 5.74) is 4.02. The molecule has 3 aromatic rings. The van der Waals surface area contributed by atoms with E-state index in [-0.39, 0.29) is 24.7 Å². The van der Waals surface area contributed by atoms with Crippen LogP contribution in [-0.2, 0) is 35.3 Å². The molecule has 0 saturated carbocycles. The molecule has 6 heteroatoms. The quantitative estimate of drug-likeness (QED) is 0.484. The monoisotopic (exact) mass is 475 g/mol. The molecule has 1 N–H and O–H groups in total. The Morgan fingerprint density at radius 2 is 1.77 bits per heavy atom. The van der Waals surface area contributed by atoms with Crippen LogP contribution >= 0.6 is 0 Å². The van der Waals surface area contributed by atoms with Crippen LogP contribution < -0.4 is 4.74 Å². The maximum atomic E-state index is 14.2. The van der Waals surface area contributed by atoms with Gasteiger partial charge < -0.3 is 14.7 Å². The molecule has 1 aliphatic rings. The van der Waals surface area contributed by atoms with Gasteiger partial charge in [-0.3, -0.25) is 9.59 Å². The van der Waals surface area contributed by atoms with Crippen molar-refractivity contribution in [3.63, 3.8) is 0 Å². The van der Waals surface area contributed by atoms with E-state index in [1.807, 2.05) is 62.4 Å². The normalized spacial score (nSPS) is 16.4. The second-order valence-corrected chi connectivity index (χ2v) is 9.50. The smallest absolute Gasteiger partial charge is 0.323 e. The van der Waals surface area contributed by atoms with Crippen molar-refractivity contribution in [1.29, 1.82) is 0 Å². The lowest BCUT2D eigenvalue weighted by atomic mass is 9.91. The van der Waals surface area contributed by atoms with E-state index >= 15 is 0 Å². The van der Waals surface area contributed by atoms with Gasteiger partial charge in [-0.1, -0.05) is 54.6 Å². The molecule has 0 radical (unpaired) electrons. The van der Waals surface area contributed by atoms with E-state index in [0.29, 0.717) is 31.4 Å². The molecule has 5 nitrogen and oxygen atoms in total. The summed E-state index contributed by atoms with van der Waals surface area (Å²) in [6.07, 6.45) is 1.75. The van der Waals surface area contributed by atoms with Crippen LogP contribution in [0.5, 0.6) is 5.75 Å². The lowest BCUT2D eigenvalue weighted by Crippen LogP contribution is -2.38. The van der Waals surface area contributed by atoms with Crippen molar-refractivity contribution in [2.75, 3.05) is 13.1 Å². The SMILES string of the molecule is Cc1ccccc1CCN(CC(=O)O)C(=O)Cc1ccc2c(c1)C[C@](C)(Cc1ccccc1F)O2. The van der Waals surface area contributed by atoms with Crippen LogP contribution in [0.4, 0.5) is 4.39 Å². The number of benzene rings is 3. The predicted octanol–water partition coefficient (Wildman–Crippen LogP) is 4.77. The zero-order chi connectivity index (χ0) is 25.0. The first kappa shape index (κ1) is 24.5. The van der Waals surface area contributed by atoms with Crippen molar-refractivity contribution in [3.8, 4) is 5.75 Å². The molecule has 1 atom stereocenters. The summed E-state index contributed by atoms with van der Waals surface area (Å²) in [7, 11) is 0. The van der Waals surface area contributed by atoms with Gasteiger partial charge in [-0.2, -0.15) is 0 Å². The molecule has 3 aromatic carbocycles. The van der Waals surface area contributed by atoms with Crippen LogP contribution in [-0.4, -0.2) is 40.6 Å². The number of carbonyl (C=O) groups is 2. The summed E-state index contributed by atoms with van der Waals surface area (Å²) in [5.74, 6) is -0.769. The fraction of sp³-hybridized carbons (Fsp3) is 0.310. The van der Waals surface area contributed by atoms with Crippen LogP contribution in [0.1, 0.15) is 34.7 Å². The summed E-state index contributed by atoms with van der Waals surface area (Å²) >= 11 is 0. The average molecular weight is 476 g/mol. The van der Waals surface area contributed by atoms with E-state index in [2.05, 4.69) is 0 Å². The highest BCUT2D eigenvalue weighted by Gasteiger charge is 2.35. The molecule has 0 spiro atoms. The van der Waals surface area contributed by atoms with E-state index in [1.54, 1.807) is 12.1 Å². The Bertz CT molecular complexity index is 1240. The first-order valence-electron chi connectivity index (χ1n) is 11.8. The molecule has 1 aliphatic heterocycles. The number of halogens is 1. The topological polar surface area (TPSA) is 66.8 Å². The van der Waals surface area contributed by atoms with Gasteiger partial charge in [0.2, 0.25) is 5.91 Å². The number of carbonyl (C=O) groups excluding carboxylic acids is 1. The average Bonchev–Trinajstić information content (AvgIpc) is 3.14. The summed E-state index contributed by atoms with van der Waals surface area (Å²) in [5, 5.41) is 9.34. The molecule has 182 valence electrons. The molecule has 0 fully saturated rings. The van der Waals surface area contributed by atoms with Gasteiger partial charge in [-0.25, -0.2) is 4.39 Å². The molecule has 35 heavy (non-hydrogen) atoms. The summed E-state index contributed by atoms with van der Waals surface area (Å²) in [6, 6.07) is 20.2. The van der Waals surface area contributed by atoms with Crippen molar-refractivity contribution in [1.82, 2.24) is 4.90 Å². The summed E-state index contributed by atoms with van der Waals surface area (Å²) in [4.78, 5) is 25.9. The Balaban J connectivity index is 1.43. The number of rotatable bonds is 9. The number of hydrogen-bond acceptors (Lipinski definition) is 3. The molecule has 1 amide bonds. The first-order valence-corrected chi connectivity index (χ1v) is 11.8. The van der Waals surface area contributed by atoms with Gasteiger partial charge in [0.1, 0.15) is 23.7 Å². The molecule has 1 heterocycles. The predicted molar refractivity (Wildman–Crippen MR) is 132 cm³/mol. The number of ether oxygens (including phenoxy) is 1. The first-order chi connectivity index (χ1) is 16.7. The van der Waals surface area contributed by atoms with E-state index < -0.39 is 11.6 Å². The van der Waals surface area contributed by atoms with E-state index in [4.69, 9.17) is 4.74 Å². The Hall–Kier alpha value is -3.67. The molecule has 0 bridgehead atoms. The van der Waals surface area contributed by atoms with Gasteiger partial charge >= 0.3 is 5.97 Å². The van der Waals surface area contributed by atoms with Crippen molar-refractivity contribution in [2.45, 2.75) is 45.1 Å². The minimum absolute atomic E-state index is 0.109. The van der Waals surface area contributed by atoms with Crippen LogP contribution in [0.15, 0.2) is 66.7 Å². The van der Waals surface area contributed by atoms with Crippen LogP contribution in [0.2, 0.25) is 0 Å². The number of carboxylic acids is 1. The standard InChI is InChI=1S/C29H30FNO4/c1-20-7-3-4-8-22(20)13-14-31(19-28(33)34)27(32)16-21-11-12-26-24(15-21)18-29(2,35-26)17-23-9-5-6-10-25(23)30/h3-12,15H,13-14,16-19H2,1-2H3,(H,33,34)/t29-/m0/s1. The molecule has 0 saturated heterocycles. The second kappa shape index (κ2) is 10.3. The molecular weight excluding hydrogens is 445 g/mol. The number of hydrogen-bond donors (Lipinski definition) is 1. The molecule has 0 aromatic heterocycles. The minimum atomic E-state index is -1.03. The molecular formula is C29H30FNO4. The Labute approximate surface area is 205 Å². The van der Waals surface area contributed by atoms with E-state index in [1.165, 1.54) is 11.0 Å². The number of fused-ring (bicyclic) bond motifs is 1. The van der Waals surface area contributed by atoms with Crippen molar-refractivity contribution < 1.29 is 23.8 Å². The second-order valence-electron chi connectivity index (χ2n) is 9.50. The zero-order valence-electron chi connectivity index (χ0n) is 20.1. The third-order valence-electron chi connectivity index (χ3n) is 6.51. The largest absolute Gasteiger partial charge is 0.487 e. The third kappa shape index (κ3) is 6.07. The molecule has 0 aliphatic carbocycles. The summed E-state index contributed by atoms with van der Waals surface area (Å²) < 4.78 is 20.3. The van der Waals surface area contributed by atoms with Crippen LogP contribution in [0.25, 0.3) is 0 Å². The van der Waals surface area contributed by atoms with Gasteiger partial charge in [0.15, 0.2) is 0 Å². The fourth-order valence-corrected chi connectivity index (χ4v) is 4.72. The maximum Gasteiger partial charge on any atom is 0.323 e. The fourth-order valence-electron chi connectivity index (χ4n) is 4.72. The van der Waals surface area contributed by atoms with Gasteiger partial charge in [0.25, 0.3) is 0 Å². The van der Waals surface area contributed by atoms with Crippen LogP contribution in [0, 0.1) is 12.7 Å². The highest BCUT2D eigenvalue weighted by atomic mass is 19.1. The maximum absolute atomic E-state index is 14.2. The highest BCUT2D eigenvalue weighted by molar-refractivity contribution is 5.83. The lowest BCUT2D eigenvalue weighted by molar-refractivity contribution is -0.144. The number of aryl methyl sites for hydroxylation is 1. The third-order valence-corrected chi connectivity index (χ3v) is 6.51. The van der Waals surface area contributed by atoms with Gasteiger partial charge in [0, 0.05) is 19.4 Å². The van der Waals surface area contributed by atoms with Gasteiger partial charge in [0.05, 0.1) is 6.42 Å². The van der Waals surface area contributed by atoms with Gasteiger partial charge in [-0.05, 0) is 60.2 Å². The van der Waals surface area contributed by atoms with Crippen molar-refractivity contribution in [2.24, 2.45) is 0 Å². The highest BCUT2D eigenvalue weighted by Crippen LogP contribution is 2.38. The van der Waals surface area contributed by atoms with E-state index in [9.17, 15) is 19.1 Å². The van der Waals surface area contributed by atoms with Crippen LogP contribution in [0.3, 0.4) is 0 Å². The number of nitrogens with zero attached hydrogens (tertiary/aromatic N) is 1. The Kier molecular flexibility index (Phi) is 7.20. The molecule has 4 rings (SSSR count). The Morgan fingerprint density at radius 3 is 2.49 bits per heavy atom. The summed E-state index contributed by atoms with van der Waals surface area (Å²) in [6.45, 7) is 3.97.